The number of carbonyl (C=O) groups is 1. The summed E-state index contributed by atoms with van der Waals surface area (Å²) in [4.78, 5) is 22.5. The SMILES string of the molecule is CC(=O)N1CC[C@H](Cc2nccnc2-c2c(C)n[nH]c2C)C1. The molecule has 1 N–H and O–H groups in total. The molecule has 6 nitrogen and oxygen atoms in total. The van der Waals surface area contributed by atoms with E-state index in [2.05, 4.69) is 20.2 Å². The molecule has 1 amide bonds. The average Bonchev–Trinajstić information content (AvgIpc) is 3.08. The minimum atomic E-state index is 0.156. The lowest BCUT2D eigenvalue weighted by molar-refractivity contribution is -0.127. The first-order valence-corrected chi connectivity index (χ1v) is 7.63. The van der Waals surface area contributed by atoms with Crippen LogP contribution in [0.4, 0.5) is 0 Å². The monoisotopic (exact) mass is 299 g/mol. The molecule has 1 aliphatic rings. The number of hydrogen-bond acceptors (Lipinski definition) is 4. The van der Waals surface area contributed by atoms with Crippen molar-refractivity contribution in [2.45, 2.75) is 33.6 Å². The summed E-state index contributed by atoms with van der Waals surface area (Å²) in [5.74, 6) is 0.607. The van der Waals surface area contributed by atoms with Crippen molar-refractivity contribution in [2.24, 2.45) is 5.92 Å². The number of aromatic amines is 1. The van der Waals surface area contributed by atoms with Gasteiger partial charge < -0.3 is 4.90 Å². The highest BCUT2D eigenvalue weighted by Crippen LogP contribution is 2.28. The lowest BCUT2D eigenvalue weighted by Crippen LogP contribution is -2.26. The topological polar surface area (TPSA) is 74.8 Å². The molecule has 2 aromatic heterocycles. The van der Waals surface area contributed by atoms with Crippen LogP contribution in [0, 0.1) is 19.8 Å². The van der Waals surface area contributed by atoms with Gasteiger partial charge in [-0.3, -0.25) is 19.9 Å². The maximum Gasteiger partial charge on any atom is 0.219 e. The molecule has 0 bridgehead atoms. The first-order valence-electron chi connectivity index (χ1n) is 7.63. The van der Waals surface area contributed by atoms with E-state index in [-0.39, 0.29) is 5.91 Å². The fourth-order valence-electron chi connectivity index (χ4n) is 3.18. The Hall–Kier alpha value is -2.24. The molecule has 116 valence electrons. The van der Waals surface area contributed by atoms with Gasteiger partial charge in [-0.1, -0.05) is 0 Å². The first-order chi connectivity index (χ1) is 10.6. The summed E-state index contributed by atoms with van der Waals surface area (Å²) in [7, 11) is 0. The largest absolute Gasteiger partial charge is 0.343 e. The van der Waals surface area contributed by atoms with Crippen LogP contribution in [0.1, 0.15) is 30.4 Å². The Morgan fingerprint density at radius 1 is 1.36 bits per heavy atom. The lowest BCUT2D eigenvalue weighted by Gasteiger charge is -2.14. The molecule has 0 radical (unpaired) electrons. The van der Waals surface area contributed by atoms with Gasteiger partial charge in [0.1, 0.15) is 0 Å². The third-order valence-corrected chi connectivity index (χ3v) is 4.35. The predicted molar refractivity (Wildman–Crippen MR) is 83.2 cm³/mol. The van der Waals surface area contributed by atoms with Crippen molar-refractivity contribution in [3.8, 4) is 11.3 Å². The van der Waals surface area contributed by atoms with Crippen molar-refractivity contribution >= 4 is 5.91 Å². The number of nitrogens with one attached hydrogen (secondary N) is 1. The van der Waals surface area contributed by atoms with Gasteiger partial charge in [0.25, 0.3) is 0 Å². The second kappa shape index (κ2) is 5.87. The Morgan fingerprint density at radius 3 is 2.77 bits per heavy atom. The number of aromatic nitrogens is 4. The van der Waals surface area contributed by atoms with E-state index in [0.717, 1.165) is 54.3 Å². The van der Waals surface area contributed by atoms with Crippen LogP contribution < -0.4 is 0 Å². The van der Waals surface area contributed by atoms with Crippen LogP contribution in [-0.2, 0) is 11.2 Å². The number of likely N-dealkylation sites (tertiary alicyclic amines) is 1. The molecule has 0 spiro atoms. The number of hydrogen-bond donors (Lipinski definition) is 1. The smallest absolute Gasteiger partial charge is 0.219 e. The van der Waals surface area contributed by atoms with E-state index in [0.29, 0.717) is 5.92 Å². The number of carbonyl (C=O) groups excluding carboxylic acids is 1. The zero-order valence-corrected chi connectivity index (χ0v) is 13.3. The molecule has 2 aromatic rings. The van der Waals surface area contributed by atoms with E-state index in [1.54, 1.807) is 19.3 Å². The summed E-state index contributed by atoms with van der Waals surface area (Å²) >= 11 is 0. The van der Waals surface area contributed by atoms with Gasteiger partial charge in [0.2, 0.25) is 5.91 Å². The number of aryl methyl sites for hydroxylation is 2. The van der Waals surface area contributed by atoms with E-state index >= 15 is 0 Å². The summed E-state index contributed by atoms with van der Waals surface area (Å²) in [5, 5.41) is 7.26. The standard InChI is InChI=1S/C16H21N5O/c1-10-15(11(2)20-19-10)16-14(17-5-6-18-16)8-13-4-7-21(9-13)12(3)22/h5-6,13H,4,7-9H2,1-3H3,(H,19,20)/t13-/m1/s1. The third kappa shape index (κ3) is 2.73. The van der Waals surface area contributed by atoms with Crippen molar-refractivity contribution in [1.82, 2.24) is 25.1 Å². The number of rotatable bonds is 3. The van der Waals surface area contributed by atoms with Crippen LogP contribution in [0.3, 0.4) is 0 Å². The van der Waals surface area contributed by atoms with Crippen LogP contribution in [0.5, 0.6) is 0 Å². The summed E-state index contributed by atoms with van der Waals surface area (Å²) in [6.07, 6.45) is 5.33. The number of amides is 1. The second-order valence-corrected chi connectivity index (χ2v) is 5.98. The number of nitrogens with zero attached hydrogens (tertiary/aromatic N) is 4. The molecule has 1 atom stereocenters. The highest BCUT2D eigenvalue weighted by molar-refractivity contribution is 5.73. The molecule has 0 aliphatic carbocycles. The van der Waals surface area contributed by atoms with Crippen LogP contribution >= 0.6 is 0 Å². The molecule has 1 fully saturated rings. The molecule has 0 aromatic carbocycles. The molecule has 0 unspecified atom stereocenters. The molecular weight excluding hydrogens is 278 g/mol. The maximum absolute atomic E-state index is 11.5. The van der Waals surface area contributed by atoms with Crippen molar-refractivity contribution < 1.29 is 4.79 Å². The highest BCUT2D eigenvalue weighted by Gasteiger charge is 2.26. The van der Waals surface area contributed by atoms with Crippen LogP contribution in [-0.4, -0.2) is 44.1 Å². The minimum Gasteiger partial charge on any atom is -0.343 e. The van der Waals surface area contributed by atoms with Crippen LogP contribution in [0.2, 0.25) is 0 Å². The Balaban J connectivity index is 1.85. The van der Waals surface area contributed by atoms with E-state index < -0.39 is 0 Å². The first kappa shape index (κ1) is 14.7. The Kier molecular flexibility index (Phi) is 3.92. The quantitative estimate of drug-likeness (QED) is 0.939. The van der Waals surface area contributed by atoms with E-state index in [4.69, 9.17) is 0 Å². The van der Waals surface area contributed by atoms with E-state index in [1.807, 2.05) is 18.7 Å². The second-order valence-electron chi connectivity index (χ2n) is 5.98. The Morgan fingerprint density at radius 2 is 2.14 bits per heavy atom. The lowest BCUT2D eigenvalue weighted by atomic mass is 9.98. The van der Waals surface area contributed by atoms with Crippen molar-refractivity contribution in [2.75, 3.05) is 13.1 Å². The summed E-state index contributed by atoms with van der Waals surface area (Å²) in [5.41, 5.74) is 4.90. The van der Waals surface area contributed by atoms with Gasteiger partial charge in [-0.15, -0.1) is 0 Å². The zero-order chi connectivity index (χ0) is 15.7. The van der Waals surface area contributed by atoms with Gasteiger partial charge in [-0.25, -0.2) is 0 Å². The van der Waals surface area contributed by atoms with Crippen LogP contribution in [0.25, 0.3) is 11.3 Å². The Bertz CT molecular complexity index is 674. The van der Waals surface area contributed by atoms with Gasteiger partial charge in [0.05, 0.1) is 17.1 Å². The van der Waals surface area contributed by atoms with Crippen LogP contribution in [0.15, 0.2) is 12.4 Å². The fourth-order valence-corrected chi connectivity index (χ4v) is 3.18. The Labute approximate surface area is 130 Å². The van der Waals surface area contributed by atoms with Gasteiger partial charge in [0.15, 0.2) is 0 Å². The zero-order valence-electron chi connectivity index (χ0n) is 13.3. The molecule has 3 rings (SSSR count). The molecular formula is C16H21N5O. The van der Waals surface area contributed by atoms with Gasteiger partial charge in [0, 0.05) is 43.7 Å². The minimum absolute atomic E-state index is 0.156. The van der Waals surface area contributed by atoms with Gasteiger partial charge >= 0.3 is 0 Å². The molecule has 1 aliphatic heterocycles. The van der Waals surface area contributed by atoms with Crippen molar-refractivity contribution in [3.05, 3.63) is 29.5 Å². The molecule has 0 saturated carbocycles. The molecule has 22 heavy (non-hydrogen) atoms. The third-order valence-electron chi connectivity index (χ3n) is 4.35. The fraction of sp³-hybridized carbons (Fsp3) is 0.500. The van der Waals surface area contributed by atoms with Crippen molar-refractivity contribution in [1.29, 1.82) is 0 Å². The normalized spacial score (nSPS) is 18.0. The van der Waals surface area contributed by atoms with E-state index in [1.165, 1.54) is 0 Å². The molecule has 1 saturated heterocycles. The highest BCUT2D eigenvalue weighted by atomic mass is 16.2. The summed E-state index contributed by atoms with van der Waals surface area (Å²) in [6.45, 7) is 7.27. The summed E-state index contributed by atoms with van der Waals surface area (Å²) < 4.78 is 0. The van der Waals surface area contributed by atoms with Crippen molar-refractivity contribution in [3.63, 3.8) is 0 Å². The number of H-pyrrole nitrogens is 1. The van der Waals surface area contributed by atoms with Gasteiger partial charge in [-0.2, -0.15) is 5.10 Å². The predicted octanol–water partition coefficient (Wildman–Crippen LogP) is 1.89. The average molecular weight is 299 g/mol. The maximum atomic E-state index is 11.5. The molecule has 6 heteroatoms. The van der Waals surface area contributed by atoms with E-state index in [9.17, 15) is 4.79 Å². The molecule has 3 heterocycles. The van der Waals surface area contributed by atoms with Gasteiger partial charge in [-0.05, 0) is 32.6 Å². The summed E-state index contributed by atoms with van der Waals surface area (Å²) in [6, 6.07) is 0.